The Morgan fingerprint density at radius 2 is 2.17 bits per heavy atom. The van der Waals surface area contributed by atoms with E-state index >= 15 is 4.39 Å². The number of alkyl halides is 1. The van der Waals surface area contributed by atoms with Crippen LogP contribution in [-0.4, -0.2) is 69.9 Å². The fourth-order valence-corrected chi connectivity index (χ4v) is 7.59. The van der Waals surface area contributed by atoms with E-state index in [1.165, 1.54) is 18.3 Å². The van der Waals surface area contributed by atoms with Gasteiger partial charge in [0.25, 0.3) is 0 Å². The highest BCUT2D eigenvalue weighted by Gasteiger charge is 2.49. The summed E-state index contributed by atoms with van der Waals surface area (Å²) in [6, 6.07) is 4.54. The number of nitrogen functional groups attached to an aromatic ring is 1. The molecule has 3 saturated heterocycles. The van der Waals surface area contributed by atoms with Crippen LogP contribution in [-0.2, 0) is 0 Å². The number of aromatic nitrogens is 3. The summed E-state index contributed by atoms with van der Waals surface area (Å²) in [5.41, 5.74) is 5.62. The number of nitriles is 1. The lowest BCUT2D eigenvalue weighted by Crippen LogP contribution is -2.43. The van der Waals surface area contributed by atoms with Crippen molar-refractivity contribution in [1.82, 2.24) is 25.2 Å². The lowest BCUT2D eigenvalue weighted by atomic mass is 9.95. The Balaban J connectivity index is 1.34. The summed E-state index contributed by atoms with van der Waals surface area (Å²) in [5.74, 6) is -1.23. The van der Waals surface area contributed by atoms with Crippen LogP contribution in [0.15, 0.2) is 18.3 Å². The first-order valence-electron chi connectivity index (χ1n) is 14.0. The van der Waals surface area contributed by atoms with Crippen molar-refractivity contribution in [2.45, 2.75) is 56.5 Å². The van der Waals surface area contributed by atoms with Crippen LogP contribution in [0.3, 0.4) is 0 Å². The number of thiophene rings is 1. The number of nitrogens with two attached hydrogens (primary N) is 1. The summed E-state index contributed by atoms with van der Waals surface area (Å²) in [5, 5.41) is 13.6. The largest absolute Gasteiger partial charge is 0.472 e. The van der Waals surface area contributed by atoms with E-state index in [2.05, 4.69) is 25.2 Å². The molecule has 3 aliphatic rings. The first-order chi connectivity index (χ1) is 20.3. The molecule has 0 spiro atoms. The van der Waals surface area contributed by atoms with Gasteiger partial charge in [-0.1, -0.05) is 0 Å². The Morgan fingerprint density at radius 3 is 2.95 bits per heavy atom. The summed E-state index contributed by atoms with van der Waals surface area (Å²) in [6.45, 7) is 4.10. The summed E-state index contributed by atoms with van der Waals surface area (Å²) in [4.78, 5) is 15.4. The van der Waals surface area contributed by atoms with E-state index in [4.69, 9.17) is 15.2 Å². The van der Waals surface area contributed by atoms with Gasteiger partial charge >= 0.3 is 6.01 Å². The number of fused-ring (bicyclic) bond motifs is 3. The first kappa shape index (κ1) is 27.1. The molecule has 42 heavy (non-hydrogen) atoms. The minimum atomic E-state index is -0.926. The van der Waals surface area contributed by atoms with Crippen LogP contribution in [0.5, 0.6) is 11.9 Å². The van der Waals surface area contributed by atoms with Crippen LogP contribution in [0.25, 0.3) is 32.2 Å². The maximum absolute atomic E-state index is 16.4. The molecule has 6 heterocycles. The second kappa shape index (κ2) is 10.2. The molecule has 1 aromatic carbocycles. The second-order valence-electron chi connectivity index (χ2n) is 11.3. The molecular weight excluding hydrogens is 567 g/mol. The fourth-order valence-electron chi connectivity index (χ4n) is 6.64. The number of hydrogen-bond acceptors (Lipinski definition) is 10. The third-order valence-corrected chi connectivity index (χ3v) is 9.79. The zero-order valence-corrected chi connectivity index (χ0v) is 23.6. The van der Waals surface area contributed by atoms with E-state index < -0.39 is 23.3 Å². The summed E-state index contributed by atoms with van der Waals surface area (Å²) >= 11 is 0.925. The molecular formula is C29H28F3N7O2S. The molecule has 3 aliphatic heterocycles. The van der Waals surface area contributed by atoms with Crippen LogP contribution in [0, 0.1) is 23.0 Å². The normalized spacial score (nSPS) is 25.7. The molecule has 3 aromatic heterocycles. The Labute approximate surface area is 243 Å². The minimum Gasteiger partial charge on any atom is -0.472 e. The van der Waals surface area contributed by atoms with Gasteiger partial charge in [-0.3, -0.25) is 9.88 Å². The van der Waals surface area contributed by atoms with Gasteiger partial charge in [0.15, 0.2) is 5.82 Å². The van der Waals surface area contributed by atoms with Crippen LogP contribution in [0.1, 0.15) is 38.2 Å². The molecule has 0 bridgehead atoms. The molecule has 0 radical (unpaired) electrons. The fraction of sp³-hybridized carbons (Fsp3) is 0.448. The number of pyridine rings is 1. The molecule has 3 N–H and O–H groups in total. The van der Waals surface area contributed by atoms with Crippen molar-refractivity contribution in [1.29, 1.82) is 5.26 Å². The average molecular weight is 596 g/mol. The average Bonchev–Trinajstić information content (AvgIpc) is 3.71. The highest BCUT2D eigenvalue weighted by molar-refractivity contribution is 7.23. The zero-order valence-electron chi connectivity index (χ0n) is 22.8. The number of hydrogen-bond donors (Lipinski definition) is 2. The number of nitrogens with one attached hydrogen (secondary N) is 1. The molecule has 3 fully saturated rings. The monoisotopic (exact) mass is 595 g/mol. The maximum Gasteiger partial charge on any atom is 0.320 e. The van der Waals surface area contributed by atoms with E-state index in [9.17, 15) is 14.0 Å². The third-order valence-electron chi connectivity index (χ3n) is 8.76. The van der Waals surface area contributed by atoms with Crippen molar-refractivity contribution < 1.29 is 22.6 Å². The van der Waals surface area contributed by atoms with Gasteiger partial charge in [0.1, 0.15) is 47.0 Å². The highest BCUT2D eigenvalue weighted by Crippen LogP contribution is 2.43. The van der Waals surface area contributed by atoms with E-state index in [-0.39, 0.29) is 73.5 Å². The van der Waals surface area contributed by atoms with Crippen molar-refractivity contribution in [3.05, 3.63) is 35.5 Å². The van der Waals surface area contributed by atoms with E-state index in [0.717, 1.165) is 43.7 Å². The van der Waals surface area contributed by atoms with Gasteiger partial charge in [-0.05, 0) is 51.4 Å². The van der Waals surface area contributed by atoms with Crippen molar-refractivity contribution in [3.63, 3.8) is 0 Å². The topological polar surface area (TPSA) is 122 Å². The van der Waals surface area contributed by atoms with E-state index in [1.807, 2.05) is 13.0 Å². The minimum absolute atomic E-state index is 0.0447. The van der Waals surface area contributed by atoms with Crippen molar-refractivity contribution in [2.75, 3.05) is 32.0 Å². The molecule has 218 valence electrons. The molecule has 0 unspecified atom stereocenters. The quantitative estimate of drug-likeness (QED) is 0.326. The number of anilines is 1. The van der Waals surface area contributed by atoms with Crippen LogP contribution < -0.4 is 20.5 Å². The predicted molar refractivity (Wildman–Crippen MR) is 152 cm³/mol. The number of halogens is 3. The van der Waals surface area contributed by atoms with Gasteiger partial charge in [0, 0.05) is 36.2 Å². The van der Waals surface area contributed by atoms with Gasteiger partial charge in [0.2, 0.25) is 5.88 Å². The molecule has 0 saturated carbocycles. The Bertz CT molecular complexity index is 1760. The lowest BCUT2D eigenvalue weighted by molar-refractivity contribution is 0.106. The van der Waals surface area contributed by atoms with Crippen LogP contribution in [0.2, 0.25) is 0 Å². The Hall–Kier alpha value is -3.73. The van der Waals surface area contributed by atoms with Gasteiger partial charge in [-0.2, -0.15) is 15.2 Å². The molecule has 4 aromatic rings. The highest BCUT2D eigenvalue weighted by atomic mass is 32.1. The smallest absolute Gasteiger partial charge is 0.320 e. The van der Waals surface area contributed by atoms with Gasteiger partial charge in [0.05, 0.1) is 21.2 Å². The third kappa shape index (κ3) is 4.31. The maximum atomic E-state index is 16.4. The van der Waals surface area contributed by atoms with Crippen molar-refractivity contribution in [3.8, 4) is 29.2 Å². The Kier molecular flexibility index (Phi) is 6.60. The number of nitrogens with zero attached hydrogens (tertiary/aromatic N) is 5. The second-order valence-corrected chi connectivity index (χ2v) is 12.4. The number of rotatable bonds is 6. The molecule has 9 nitrogen and oxygen atoms in total. The first-order valence-corrected chi connectivity index (χ1v) is 14.8. The zero-order chi connectivity index (χ0) is 29.2. The van der Waals surface area contributed by atoms with Gasteiger partial charge < -0.3 is 20.5 Å². The standard InChI is InChI=1S/C29H28F3N7O2S/c1-14-20(5-7-35-14)41-27-18-11-36-23(16-3-4-19(31)25-21(16)17(10-33)26(34)42-25)22(32)24(18)37-28(38-27)40-13-29-6-2-8-39(29)12-15(30)9-29/h3-4,11,14-15,20,35H,2,5-9,12-13,34H2,1H3/t14-,15-,20-,29+/m1/s1. The van der Waals surface area contributed by atoms with Crippen molar-refractivity contribution >= 4 is 37.3 Å². The van der Waals surface area contributed by atoms with Crippen LogP contribution >= 0.6 is 11.3 Å². The number of benzene rings is 1. The molecule has 7 rings (SSSR count). The summed E-state index contributed by atoms with van der Waals surface area (Å²) in [6.07, 6.45) is 3.12. The van der Waals surface area contributed by atoms with Gasteiger partial charge in [-0.25, -0.2) is 13.2 Å². The lowest BCUT2D eigenvalue weighted by Gasteiger charge is -2.30. The Morgan fingerprint density at radius 1 is 1.31 bits per heavy atom. The van der Waals surface area contributed by atoms with Gasteiger partial charge in [-0.15, -0.1) is 11.3 Å². The molecule has 13 heteroatoms. The summed E-state index contributed by atoms with van der Waals surface area (Å²) < 4.78 is 58.0. The molecule has 4 atom stereocenters. The van der Waals surface area contributed by atoms with E-state index in [1.54, 1.807) is 0 Å². The molecule has 0 amide bonds. The SMILES string of the molecule is C[C@H]1NCC[C@H]1Oc1nc(OC[C@@]23CCCN2C[C@H](F)C3)nc2c(F)c(-c3ccc(F)c4sc(N)c(C#N)c34)ncc12. The van der Waals surface area contributed by atoms with Crippen molar-refractivity contribution in [2.24, 2.45) is 0 Å². The number of ether oxygens (including phenoxy) is 2. The summed E-state index contributed by atoms with van der Waals surface area (Å²) in [7, 11) is 0. The predicted octanol–water partition coefficient (Wildman–Crippen LogP) is 4.72. The molecule has 0 aliphatic carbocycles. The van der Waals surface area contributed by atoms with Crippen LogP contribution in [0.4, 0.5) is 18.2 Å². The van der Waals surface area contributed by atoms with E-state index in [0.29, 0.717) is 13.0 Å².